The zero-order chi connectivity index (χ0) is 23.5. The highest BCUT2D eigenvalue weighted by Crippen LogP contribution is 2.49. The van der Waals surface area contributed by atoms with E-state index >= 15 is 0 Å². The van der Waals surface area contributed by atoms with Crippen molar-refractivity contribution in [2.24, 2.45) is 0 Å². The lowest BCUT2D eigenvalue weighted by molar-refractivity contribution is -0.137. The van der Waals surface area contributed by atoms with Gasteiger partial charge in [-0.25, -0.2) is 4.79 Å². The number of anilines is 2. The fourth-order valence-corrected chi connectivity index (χ4v) is 5.69. The molecule has 1 spiro atoms. The van der Waals surface area contributed by atoms with Crippen molar-refractivity contribution in [2.45, 2.75) is 49.5 Å². The summed E-state index contributed by atoms with van der Waals surface area (Å²) in [6.45, 7) is 0.127. The fraction of sp³-hybridized carbons (Fsp3) is 0.348. The molecule has 33 heavy (non-hydrogen) atoms. The molecule has 2 fully saturated rings. The molecule has 2 aromatic carbocycles. The van der Waals surface area contributed by atoms with Gasteiger partial charge in [-0.15, -0.1) is 12.6 Å². The van der Waals surface area contributed by atoms with Crippen LogP contribution in [0, 0.1) is 11.3 Å². The number of hydrogen-bond acceptors (Lipinski definition) is 6. The molecule has 1 aliphatic carbocycles. The van der Waals surface area contributed by atoms with Crippen molar-refractivity contribution in [3.05, 3.63) is 58.7 Å². The van der Waals surface area contributed by atoms with E-state index < -0.39 is 34.3 Å². The summed E-state index contributed by atoms with van der Waals surface area (Å²) in [5, 5.41) is 9.11. The summed E-state index contributed by atoms with van der Waals surface area (Å²) in [5.41, 5.74) is -1.60. The second-order valence-corrected chi connectivity index (χ2v) is 8.85. The normalized spacial score (nSPS) is 21.5. The highest BCUT2D eigenvalue weighted by atomic mass is 32.1. The van der Waals surface area contributed by atoms with Crippen molar-refractivity contribution in [3.63, 3.8) is 0 Å². The first-order valence-electron chi connectivity index (χ1n) is 10.4. The summed E-state index contributed by atoms with van der Waals surface area (Å²) in [7, 11) is 0. The Morgan fingerprint density at radius 1 is 1.09 bits per heavy atom. The molecule has 10 heteroatoms. The predicted octanol–water partition coefficient (Wildman–Crippen LogP) is 4.63. The minimum Gasteiger partial charge on any atom is -0.457 e. The van der Waals surface area contributed by atoms with Crippen LogP contribution in [0.15, 0.2) is 36.4 Å². The lowest BCUT2D eigenvalue weighted by atomic mass is 9.94. The van der Waals surface area contributed by atoms with Gasteiger partial charge in [0, 0.05) is 16.9 Å². The van der Waals surface area contributed by atoms with Crippen LogP contribution in [0.25, 0.3) is 0 Å². The maximum absolute atomic E-state index is 13.7. The quantitative estimate of drug-likeness (QED) is 0.509. The fourth-order valence-electron chi connectivity index (χ4n) is 5.10. The van der Waals surface area contributed by atoms with E-state index in [9.17, 15) is 22.8 Å². The van der Waals surface area contributed by atoms with Crippen LogP contribution < -0.4 is 9.80 Å². The third kappa shape index (κ3) is 3.17. The van der Waals surface area contributed by atoms with Gasteiger partial charge in [0.25, 0.3) is 5.91 Å². The largest absolute Gasteiger partial charge is 0.457 e. The number of benzene rings is 2. The number of carbonyl (C=O) groups is 2. The zero-order valence-electron chi connectivity index (χ0n) is 17.2. The number of nitriles is 1. The van der Waals surface area contributed by atoms with Crippen molar-refractivity contribution in [3.8, 4) is 6.07 Å². The summed E-state index contributed by atoms with van der Waals surface area (Å²) >= 11 is 4.68. The third-order valence-electron chi connectivity index (χ3n) is 6.62. The van der Waals surface area contributed by atoms with Crippen molar-refractivity contribution < 1.29 is 27.5 Å². The average Bonchev–Trinajstić information content (AvgIpc) is 3.46. The first-order valence-corrected chi connectivity index (χ1v) is 10.9. The SMILES string of the molecule is N#Cc1ccc(N2C(=O)C3(CCCC3)N(c3ccc4c(c3)COC4=O)C2S)cc1C(F)(F)F. The standard InChI is InChI=1S/C23H18F3N3O3S/c24-23(25,26)18-10-15(4-3-13(18)11-27)28-20(31)22(7-1-2-8-22)29(21(28)33)16-5-6-17-14(9-16)12-32-19(17)30/h3-6,9-10,21,33H,1-2,7-8,12H2. The summed E-state index contributed by atoms with van der Waals surface area (Å²) in [5.74, 6) is -0.739. The number of cyclic esters (lactones) is 1. The maximum atomic E-state index is 13.7. The first kappa shape index (κ1) is 21.6. The molecule has 0 N–H and O–H groups in total. The van der Waals surface area contributed by atoms with Crippen molar-refractivity contribution >= 4 is 35.9 Å². The van der Waals surface area contributed by atoms with Crippen LogP contribution in [0.2, 0.25) is 0 Å². The number of hydrogen-bond donors (Lipinski definition) is 1. The van der Waals surface area contributed by atoms with E-state index in [2.05, 4.69) is 12.6 Å². The van der Waals surface area contributed by atoms with Gasteiger partial charge in [0.1, 0.15) is 12.1 Å². The van der Waals surface area contributed by atoms with E-state index in [-0.39, 0.29) is 18.2 Å². The van der Waals surface area contributed by atoms with Crippen LogP contribution in [0.4, 0.5) is 24.5 Å². The second-order valence-electron chi connectivity index (χ2n) is 8.39. The van der Waals surface area contributed by atoms with Gasteiger partial charge in [-0.2, -0.15) is 18.4 Å². The number of halogens is 3. The monoisotopic (exact) mass is 473 g/mol. The number of ether oxygens (including phenoxy) is 1. The summed E-state index contributed by atoms with van der Waals surface area (Å²) < 4.78 is 45.8. The molecule has 2 aliphatic heterocycles. The van der Waals surface area contributed by atoms with Gasteiger partial charge in [0.05, 0.1) is 22.8 Å². The van der Waals surface area contributed by atoms with Gasteiger partial charge in [0.2, 0.25) is 0 Å². The van der Waals surface area contributed by atoms with Crippen LogP contribution in [0.3, 0.4) is 0 Å². The van der Waals surface area contributed by atoms with Gasteiger partial charge in [0.15, 0.2) is 5.50 Å². The molecule has 0 bridgehead atoms. The number of alkyl halides is 3. The Bertz CT molecular complexity index is 1220. The lowest BCUT2D eigenvalue weighted by Gasteiger charge is -2.36. The van der Waals surface area contributed by atoms with E-state index in [0.29, 0.717) is 29.7 Å². The number of thiol groups is 1. The molecule has 6 nitrogen and oxygen atoms in total. The van der Waals surface area contributed by atoms with Crippen molar-refractivity contribution in [1.29, 1.82) is 5.26 Å². The van der Waals surface area contributed by atoms with E-state index in [1.807, 2.05) is 4.90 Å². The number of amides is 1. The Morgan fingerprint density at radius 2 is 1.79 bits per heavy atom. The number of carbonyl (C=O) groups excluding carboxylic acids is 2. The minimum atomic E-state index is -4.74. The molecule has 1 atom stereocenters. The van der Waals surface area contributed by atoms with E-state index in [1.165, 1.54) is 11.0 Å². The Hall–Kier alpha value is -3.19. The molecule has 170 valence electrons. The van der Waals surface area contributed by atoms with Gasteiger partial charge < -0.3 is 9.64 Å². The van der Waals surface area contributed by atoms with Crippen LogP contribution in [-0.2, 0) is 22.3 Å². The predicted molar refractivity (Wildman–Crippen MR) is 116 cm³/mol. The van der Waals surface area contributed by atoms with Crippen molar-refractivity contribution in [2.75, 3.05) is 9.80 Å². The molecular formula is C23H18F3N3O3S. The Kier molecular flexibility index (Phi) is 4.86. The number of rotatable bonds is 2. The summed E-state index contributed by atoms with van der Waals surface area (Å²) in [4.78, 5) is 28.7. The smallest absolute Gasteiger partial charge is 0.417 e. The lowest BCUT2D eigenvalue weighted by Crippen LogP contribution is -2.48. The van der Waals surface area contributed by atoms with Crippen LogP contribution >= 0.6 is 12.6 Å². The van der Waals surface area contributed by atoms with Crippen molar-refractivity contribution in [1.82, 2.24) is 0 Å². The Labute approximate surface area is 192 Å². The number of esters is 1. The highest BCUT2D eigenvalue weighted by molar-refractivity contribution is 7.81. The second kappa shape index (κ2) is 7.42. The Balaban J connectivity index is 1.62. The van der Waals surface area contributed by atoms with E-state index in [0.717, 1.165) is 25.0 Å². The molecule has 0 aromatic heterocycles. The molecule has 2 aromatic rings. The minimum absolute atomic E-state index is 0.0276. The summed E-state index contributed by atoms with van der Waals surface area (Å²) in [6, 6.07) is 9.95. The Morgan fingerprint density at radius 3 is 2.45 bits per heavy atom. The highest BCUT2D eigenvalue weighted by Gasteiger charge is 2.58. The first-order chi connectivity index (χ1) is 15.7. The average molecular weight is 473 g/mol. The topological polar surface area (TPSA) is 73.6 Å². The van der Waals surface area contributed by atoms with Crippen LogP contribution in [0.1, 0.15) is 52.7 Å². The van der Waals surface area contributed by atoms with E-state index in [4.69, 9.17) is 10.00 Å². The zero-order valence-corrected chi connectivity index (χ0v) is 18.1. The van der Waals surface area contributed by atoms with Crippen LogP contribution in [0.5, 0.6) is 0 Å². The molecule has 2 heterocycles. The number of fused-ring (bicyclic) bond motifs is 1. The molecule has 1 amide bonds. The van der Waals surface area contributed by atoms with Gasteiger partial charge in [-0.05, 0) is 49.2 Å². The maximum Gasteiger partial charge on any atom is 0.417 e. The van der Waals surface area contributed by atoms with E-state index in [1.54, 1.807) is 24.3 Å². The molecule has 1 saturated carbocycles. The third-order valence-corrected chi connectivity index (χ3v) is 7.09. The summed E-state index contributed by atoms with van der Waals surface area (Å²) in [6.07, 6.45) is -2.08. The van der Waals surface area contributed by atoms with Gasteiger partial charge >= 0.3 is 12.1 Å². The molecule has 1 unspecified atom stereocenters. The molecule has 3 aliphatic rings. The molecular weight excluding hydrogens is 455 g/mol. The van der Waals surface area contributed by atoms with Gasteiger partial charge in [-0.1, -0.05) is 12.8 Å². The number of nitrogens with zero attached hydrogens (tertiary/aromatic N) is 3. The molecule has 1 saturated heterocycles. The van der Waals surface area contributed by atoms with Gasteiger partial charge in [-0.3, -0.25) is 9.69 Å². The van der Waals surface area contributed by atoms with Crippen LogP contribution in [-0.4, -0.2) is 22.9 Å². The molecule has 5 rings (SSSR count). The molecule has 0 radical (unpaired) electrons.